The smallest absolute Gasteiger partial charge is 0.289 e. The van der Waals surface area contributed by atoms with Gasteiger partial charge in [-0.1, -0.05) is 32.3 Å². The zero-order valence-corrected chi connectivity index (χ0v) is 21.5. The van der Waals surface area contributed by atoms with Crippen molar-refractivity contribution in [2.24, 2.45) is 0 Å². The molecule has 0 spiro atoms. The second-order valence-electron chi connectivity index (χ2n) is 9.90. The SMILES string of the molecule is CCC(=O)C(=O)N1CCC(c2ccc(Nc3nc(NC4CCCCC4)c4[nH]cnc4n3)c(OC)c2)CC1. The number of ether oxygens (including phenoxy) is 1. The molecule has 0 unspecified atom stereocenters. The lowest BCUT2D eigenvalue weighted by Gasteiger charge is -2.32. The lowest BCUT2D eigenvalue weighted by atomic mass is 9.89. The van der Waals surface area contributed by atoms with Crippen molar-refractivity contribution < 1.29 is 14.3 Å². The van der Waals surface area contributed by atoms with Gasteiger partial charge in [-0.2, -0.15) is 9.97 Å². The van der Waals surface area contributed by atoms with Crippen LogP contribution in [0.5, 0.6) is 5.75 Å². The Balaban J connectivity index is 1.31. The molecule has 2 aliphatic rings. The van der Waals surface area contributed by atoms with Crippen LogP contribution < -0.4 is 15.4 Å². The Morgan fingerprint density at radius 3 is 2.62 bits per heavy atom. The minimum Gasteiger partial charge on any atom is -0.495 e. The molecule has 1 aromatic carbocycles. The molecule has 1 saturated carbocycles. The fourth-order valence-corrected chi connectivity index (χ4v) is 5.36. The summed E-state index contributed by atoms with van der Waals surface area (Å²) in [6, 6.07) is 6.51. The Kier molecular flexibility index (Phi) is 7.52. The molecule has 1 saturated heterocycles. The molecule has 2 aromatic heterocycles. The van der Waals surface area contributed by atoms with Crippen LogP contribution in [0.3, 0.4) is 0 Å². The number of fused-ring (bicyclic) bond motifs is 1. The maximum absolute atomic E-state index is 12.2. The highest BCUT2D eigenvalue weighted by molar-refractivity contribution is 6.35. The summed E-state index contributed by atoms with van der Waals surface area (Å²) in [4.78, 5) is 42.6. The van der Waals surface area contributed by atoms with Gasteiger partial charge in [-0.3, -0.25) is 9.59 Å². The number of aromatic amines is 1. The molecule has 0 radical (unpaired) electrons. The second-order valence-corrected chi connectivity index (χ2v) is 9.90. The van der Waals surface area contributed by atoms with Crippen LogP contribution in [0.25, 0.3) is 11.2 Å². The lowest BCUT2D eigenvalue weighted by Crippen LogP contribution is -2.41. The third-order valence-electron chi connectivity index (χ3n) is 7.52. The van der Waals surface area contributed by atoms with Gasteiger partial charge in [0.1, 0.15) is 11.3 Å². The van der Waals surface area contributed by atoms with E-state index in [1.54, 1.807) is 25.3 Å². The van der Waals surface area contributed by atoms with Gasteiger partial charge in [-0.05, 0) is 49.3 Å². The average molecular weight is 506 g/mol. The number of ketones is 1. The summed E-state index contributed by atoms with van der Waals surface area (Å²) in [6.07, 6.45) is 9.55. The summed E-state index contributed by atoms with van der Waals surface area (Å²) in [7, 11) is 1.65. The third-order valence-corrected chi connectivity index (χ3v) is 7.52. The normalized spacial score (nSPS) is 17.1. The Hall–Kier alpha value is -3.69. The second kappa shape index (κ2) is 11.1. The van der Waals surface area contributed by atoms with Gasteiger partial charge in [0.05, 0.1) is 19.1 Å². The number of carbonyl (C=O) groups is 2. The van der Waals surface area contributed by atoms with Crippen LogP contribution >= 0.6 is 0 Å². The predicted molar refractivity (Wildman–Crippen MR) is 142 cm³/mol. The maximum Gasteiger partial charge on any atom is 0.289 e. The van der Waals surface area contributed by atoms with Crippen molar-refractivity contribution in [3.8, 4) is 5.75 Å². The molecule has 5 rings (SSSR count). The Labute approximate surface area is 216 Å². The predicted octanol–water partition coefficient (Wildman–Crippen LogP) is 4.53. The number of piperidine rings is 1. The monoisotopic (exact) mass is 505 g/mol. The van der Waals surface area contributed by atoms with E-state index >= 15 is 0 Å². The van der Waals surface area contributed by atoms with Gasteiger partial charge < -0.3 is 25.3 Å². The van der Waals surface area contributed by atoms with E-state index in [2.05, 4.69) is 31.7 Å². The van der Waals surface area contributed by atoms with E-state index in [9.17, 15) is 9.59 Å². The van der Waals surface area contributed by atoms with Crippen molar-refractivity contribution in [2.45, 2.75) is 70.3 Å². The van der Waals surface area contributed by atoms with Crippen molar-refractivity contribution in [2.75, 3.05) is 30.8 Å². The van der Waals surface area contributed by atoms with Gasteiger partial charge in [0, 0.05) is 25.6 Å². The number of methoxy groups -OCH3 is 1. The van der Waals surface area contributed by atoms with Gasteiger partial charge in [0.2, 0.25) is 11.7 Å². The number of rotatable bonds is 8. The number of likely N-dealkylation sites (tertiary alicyclic amines) is 1. The number of H-pyrrole nitrogens is 1. The van der Waals surface area contributed by atoms with E-state index in [0.29, 0.717) is 42.4 Å². The summed E-state index contributed by atoms with van der Waals surface area (Å²) < 4.78 is 5.71. The van der Waals surface area contributed by atoms with Crippen molar-refractivity contribution >= 4 is 40.3 Å². The minimum atomic E-state index is -0.357. The fourth-order valence-electron chi connectivity index (χ4n) is 5.36. The first-order valence-corrected chi connectivity index (χ1v) is 13.3. The number of amides is 1. The van der Waals surface area contributed by atoms with Crippen LogP contribution in [0.4, 0.5) is 17.5 Å². The van der Waals surface area contributed by atoms with Gasteiger partial charge in [-0.15, -0.1) is 0 Å². The third kappa shape index (κ3) is 5.52. The number of carbonyl (C=O) groups excluding carboxylic acids is 2. The Morgan fingerprint density at radius 2 is 1.89 bits per heavy atom. The minimum absolute atomic E-state index is 0.249. The van der Waals surface area contributed by atoms with Gasteiger partial charge in [0.25, 0.3) is 5.91 Å². The molecule has 10 nitrogen and oxygen atoms in total. The number of nitrogens with zero attached hydrogens (tertiary/aromatic N) is 4. The van der Waals surface area contributed by atoms with Crippen LogP contribution in [0.2, 0.25) is 0 Å². The highest BCUT2D eigenvalue weighted by Gasteiger charge is 2.27. The van der Waals surface area contributed by atoms with E-state index < -0.39 is 0 Å². The molecular formula is C27H35N7O3. The average Bonchev–Trinajstić information content (AvgIpc) is 3.42. The van der Waals surface area contributed by atoms with E-state index in [1.165, 1.54) is 19.3 Å². The molecule has 196 valence electrons. The van der Waals surface area contributed by atoms with Crippen molar-refractivity contribution in [1.82, 2.24) is 24.8 Å². The zero-order chi connectivity index (χ0) is 25.8. The number of nitrogens with one attached hydrogen (secondary N) is 3. The van der Waals surface area contributed by atoms with Crippen LogP contribution in [0.15, 0.2) is 24.5 Å². The molecule has 0 atom stereocenters. The Morgan fingerprint density at radius 1 is 1.11 bits per heavy atom. The molecular weight excluding hydrogens is 470 g/mol. The number of imidazole rings is 1. The number of anilines is 3. The van der Waals surface area contributed by atoms with Gasteiger partial charge in [-0.25, -0.2) is 4.98 Å². The number of Topliss-reactive ketones (excluding diaryl/α,β-unsaturated/α-hetero) is 1. The molecule has 3 heterocycles. The summed E-state index contributed by atoms with van der Waals surface area (Å²) in [6.45, 7) is 2.90. The first kappa shape index (κ1) is 25.0. The van der Waals surface area contributed by atoms with Gasteiger partial charge >= 0.3 is 0 Å². The van der Waals surface area contributed by atoms with Crippen molar-refractivity contribution in [1.29, 1.82) is 0 Å². The summed E-state index contributed by atoms with van der Waals surface area (Å²) in [5, 5.41) is 6.92. The fraction of sp³-hybridized carbons (Fsp3) is 0.519. The van der Waals surface area contributed by atoms with E-state index in [1.807, 2.05) is 12.1 Å². The van der Waals surface area contributed by atoms with E-state index in [-0.39, 0.29) is 18.1 Å². The zero-order valence-electron chi connectivity index (χ0n) is 21.5. The van der Waals surface area contributed by atoms with Crippen LogP contribution in [0, 0.1) is 0 Å². The molecule has 10 heteroatoms. The van der Waals surface area contributed by atoms with Crippen LogP contribution in [-0.2, 0) is 9.59 Å². The van der Waals surface area contributed by atoms with Crippen molar-refractivity contribution in [3.63, 3.8) is 0 Å². The number of hydrogen-bond acceptors (Lipinski definition) is 8. The molecule has 1 aliphatic carbocycles. The summed E-state index contributed by atoms with van der Waals surface area (Å²) in [5.74, 6) is 1.54. The highest BCUT2D eigenvalue weighted by atomic mass is 16.5. The number of hydrogen-bond donors (Lipinski definition) is 3. The van der Waals surface area contributed by atoms with Crippen LogP contribution in [-0.4, -0.2) is 62.8 Å². The standard InChI is InChI=1S/C27H35N7O3/c1-3-21(35)26(36)34-13-11-17(12-14-34)18-9-10-20(22(15-18)37-2)31-27-32-24-23(28-16-29-24)25(33-27)30-19-7-5-4-6-8-19/h9-10,15-17,19H,3-8,11-14H2,1-2H3,(H3,28,29,30,31,32,33). The highest BCUT2D eigenvalue weighted by Crippen LogP contribution is 2.35. The lowest BCUT2D eigenvalue weighted by molar-refractivity contribution is -0.145. The molecule has 0 bridgehead atoms. The van der Waals surface area contributed by atoms with E-state index in [0.717, 1.165) is 48.3 Å². The quantitative estimate of drug-likeness (QED) is 0.381. The molecule has 2 fully saturated rings. The molecule has 3 aromatic rings. The van der Waals surface area contributed by atoms with Crippen molar-refractivity contribution in [3.05, 3.63) is 30.1 Å². The largest absolute Gasteiger partial charge is 0.495 e. The maximum atomic E-state index is 12.2. The first-order chi connectivity index (χ1) is 18.1. The molecule has 1 amide bonds. The Bertz CT molecular complexity index is 1260. The topological polar surface area (TPSA) is 125 Å². The molecule has 3 N–H and O–H groups in total. The number of aromatic nitrogens is 4. The van der Waals surface area contributed by atoms with E-state index in [4.69, 9.17) is 9.72 Å². The number of benzene rings is 1. The van der Waals surface area contributed by atoms with Crippen LogP contribution in [0.1, 0.15) is 69.8 Å². The first-order valence-electron chi connectivity index (χ1n) is 13.3. The molecule has 1 aliphatic heterocycles. The molecule has 37 heavy (non-hydrogen) atoms. The summed E-state index contributed by atoms with van der Waals surface area (Å²) in [5.41, 5.74) is 3.34. The van der Waals surface area contributed by atoms with Gasteiger partial charge in [0.15, 0.2) is 11.5 Å². The summed E-state index contributed by atoms with van der Waals surface area (Å²) >= 11 is 0.